The molecule has 1 atom stereocenters. The number of nitrogens with zero attached hydrogens (tertiary/aromatic N) is 4. The van der Waals surface area contributed by atoms with Crippen LogP contribution in [0.3, 0.4) is 0 Å². The standard InChI is InChI=1S/C18H18N4O2S/c1-13-16(9-6-10-17(13)22(23)24)11-25-18-20-19-12-21(18)14(2)15-7-4-3-5-8-15/h3-10,12,14H,11H2,1-2H3/t14-/m1/s1. The van der Waals surface area contributed by atoms with E-state index in [0.717, 1.165) is 10.7 Å². The molecule has 0 N–H and O–H groups in total. The van der Waals surface area contributed by atoms with Gasteiger partial charge in [0.25, 0.3) is 5.69 Å². The van der Waals surface area contributed by atoms with Crippen molar-refractivity contribution in [2.24, 2.45) is 0 Å². The number of hydrogen-bond donors (Lipinski definition) is 0. The van der Waals surface area contributed by atoms with E-state index in [9.17, 15) is 10.1 Å². The predicted molar refractivity (Wildman–Crippen MR) is 97.7 cm³/mol. The van der Waals surface area contributed by atoms with Crippen molar-refractivity contribution in [1.29, 1.82) is 0 Å². The highest BCUT2D eigenvalue weighted by Crippen LogP contribution is 2.29. The van der Waals surface area contributed by atoms with Gasteiger partial charge in [0.15, 0.2) is 5.16 Å². The lowest BCUT2D eigenvalue weighted by molar-refractivity contribution is -0.385. The lowest BCUT2D eigenvalue weighted by Gasteiger charge is -2.15. The minimum atomic E-state index is -0.344. The molecule has 1 heterocycles. The largest absolute Gasteiger partial charge is 0.301 e. The summed E-state index contributed by atoms with van der Waals surface area (Å²) in [6, 6.07) is 15.4. The van der Waals surface area contributed by atoms with Gasteiger partial charge in [0.2, 0.25) is 0 Å². The van der Waals surface area contributed by atoms with Crippen LogP contribution in [0.5, 0.6) is 0 Å². The first kappa shape index (κ1) is 17.2. The lowest BCUT2D eigenvalue weighted by Crippen LogP contribution is -2.07. The molecule has 7 heteroatoms. The summed E-state index contributed by atoms with van der Waals surface area (Å²) in [5, 5.41) is 20.1. The van der Waals surface area contributed by atoms with E-state index >= 15 is 0 Å². The van der Waals surface area contributed by atoms with Gasteiger partial charge in [-0.1, -0.05) is 54.2 Å². The molecule has 3 rings (SSSR count). The van der Waals surface area contributed by atoms with Gasteiger partial charge < -0.3 is 4.57 Å². The molecule has 0 bridgehead atoms. The van der Waals surface area contributed by atoms with Crippen molar-refractivity contribution >= 4 is 17.4 Å². The molecule has 0 aliphatic rings. The number of nitro benzene ring substituents is 1. The van der Waals surface area contributed by atoms with Crippen LogP contribution in [0, 0.1) is 17.0 Å². The predicted octanol–water partition coefficient (Wildman–Crippen LogP) is 4.40. The van der Waals surface area contributed by atoms with Gasteiger partial charge in [-0.2, -0.15) is 0 Å². The van der Waals surface area contributed by atoms with E-state index in [2.05, 4.69) is 29.3 Å². The number of nitro groups is 1. The molecule has 0 aliphatic carbocycles. The van der Waals surface area contributed by atoms with Crippen LogP contribution in [0.15, 0.2) is 60.0 Å². The zero-order valence-corrected chi connectivity index (χ0v) is 14.8. The average molecular weight is 354 g/mol. The maximum Gasteiger partial charge on any atom is 0.272 e. The third-order valence-corrected chi connectivity index (χ3v) is 5.22. The van der Waals surface area contributed by atoms with Gasteiger partial charge in [0.1, 0.15) is 6.33 Å². The van der Waals surface area contributed by atoms with E-state index in [1.807, 2.05) is 28.8 Å². The second-order valence-electron chi connectivity index (χ2n) is 5.71. The molecule has 0 amide bonds. The minimum Gasteiger partial charge on any atom is -0.301 e. The van der Waals surface area contributed by atoms with Crippen molar-refractivity contribution in [2.75, 3.05) is 0 Å². The van der Waals surface area contributed by atoms with Gasteiger partial charge in [0.05, 0.1) is 11.0 Å². The fraction of sp³-hybridized carbons (Fsp3) is 0.222. The van der Waals surface area contributed by atoms with Crippen LogP contribution in [0.1, 0.15) is 29.7 Å². The normalized spacial score (nSPS) is 12.1. The Labute approximate surface area is 150 Å². The number of hydrogen-bond acceptors (Lipinski definition) is 5. The highest BCUT2D eigenvalue weighted by molar-refractivity contribution is 7.98. The van der Waals surface area contributed by atoms with E-state index in [1.165, 1.54) is 23.4 Å². The molecule has 0 spiro atoms. The Balaban J connectivity index is 1.79. The maximum atomic E-state index is 11.1. The summed E-state index contributed by atoms with van der Waals surface area (Å²) in [4.78, 5) is 10.7. The zero-order valence-electron chi connectivity index (χ0n) is 14.0. The third-order valence-electron chi connectivity index (χ3n) is 4.21. The Kier molecular flexibility index (Phi) is 5.14. The first-order valence-electron chi connectivity index (χ1n) is 7.88. The monoisotopic (exact) mass is 354 g/mol. The van der Waals surface area contributed by atoms with Crippen molar-refractivity contribution in [3.05, 3.63) is 81.7 Å². The molecule has 0 radical (unpaired) electrons. The quantitative estimate of drug-likeness (QED) is 0.373. The van der Waals surface area contributed by atoms with Crippen LogP contribution in [-0.2, 0) is 5.75 Å². The second-order valence-corrected chi connectivity index (χ2v) is 6.66. The van der Waals surface area contributed by atoms with Gasteiger partial charge >= 0.3 is 0 Å². The fourth-order valence-electron chi connectivity index (χ4n) is 2.66. The highest BCUT2D eigenvalue weighted by Gasteiger charge is 2.16. The van der Waals surface area contributed by atoms with Crippen LogP contribution in [-0.4, -0.2) is 19.7 Å². The van der Waals surface area contributed by atoms with Crippen molar-refractivity contribution in [1.82, 2.24) is 14.8 Å². The topological polar surface area (TPSA) is 73.8 Å². The summed E-state index contributed by atoms with van der Waals surface area (Å²) >= 11 is 1.53. The summed E-state index contributed by atoms with van der Waals surface area (Å²) in [6.45, 7) is 3.88. The summed E-state index contributed by atoms with van der Waals surface area (Å²) < 4.78 is 2.02. The second kappa shape index (κ2) is 7.48. The van der Waals surface area contributed by atoms with Crippen LogP contribution in [0.2, 0.25) is 0 Å². The molecule has 25 heavy (non-hydrogen) atoms. The zero-order chi connectivity index (χ0) is 17.8. The van der Waals surface area contributed by atoms with E-state index in [-0.39, 0.29) is 16.7 Å². The molecule has 3 aromatic rings. The molecular weight excluding hydrogens is 336 g/mol. The van der Waals surface area contributed by atoms with Crippen molar-refractivity contribution < 1.29 is 4.92 Å². The highest BCUT2D eigenvalue weighted by atomic mass is 32.2. The Morgan fingerprint density at radius 2 is 1.96 bits per heavy atom. The number of benzene rings is 2. The first-order valence-corrected chi connectivity index (χ1v) is 8.86. The summed E-state index contributed by atoms with van der Waals surface area (Å²) in [7, 11) is 0. The van der Waals surface area contributed by atoms with Gasteiger partial charge in [-0.25, -0.2) is 0 Å². The summed E-state index contributed by atoms with van der Waals surface area (Å²) in [6.07, 6.45) is 1.72. The summed E-state index contributed by atoms with van der Waals surface area (Å²) in [5.41, 5.74) is 2.95. The van der Waals surface area contributed by atoms with Crippen molar-refractivity contribution in [3.63, 3.8) is 0 Å². The van der Waals surface area contributed by atoms with E-state index in [1.54, 1.807) is 19.3 Å². The van der Waals surface area contributed by atoms with E-state index < -0.39 is 0 Å². The molecule has 0 unspecified atom stereocenters. The van der Waals surface area contributed by atoms with Gasteiger partial charge in [0, 0.05) is 17.4 Å². The summed E-state index contributed by atoms with van der Waals surface area (Å²) in [5.74, 6) is 0.605. The van der Waals surface area contributed by atoms with Crippen LogP contribution in [0.25, 0.3) is 0 Å². The smallest absolute Gasteiger partial charge is 0.272 e. The van der Waals surface area contributed by atoms with Crippen LogP contribution >= 0.6 is 11.8 Å². The van der Waals surface area contributed by atoms with Crippen LogP contribution < -0.4 is 0 Å². The molecule has 0 aliphatic heterocycles. The Hall–Kier alpha value is -2.67. The molecular formula is C18H18N4O2S. The maximum absolute atomic E-state index is 11.1. The minimum absolute atomic E-state index is 0.116. The SMILES string of the molecule is Cc1c(CSc2nncn2[C@H](C)c2ccccc2)cccc1[N+](=O)[O-]. The van der Waals surface area contributed by atoms with Crippen LogP contribution in [0.4, 0.5) is 5.69 Å². The molecule has 0 saturated heterocycles. The Morgan fingerprint density at radius 1 is 1.20 bits per heavy atom. The molecule has 128 valence electrons. The Morgan fingerprint density at radius 3 is 2.68 bits per heavy atom. The molecule has 1 aromatic heterocycles. The lowest BCUT2D eigenvalue weighted by atomic mass is 10.1. The fourth-order valence-corrected chi connectivity index (χ4v) is 3.72. The number of aromatic nitrogens is 3. The molecule has 6 nitrogen and oxygen atoms in total. The van der Waals surface area contributed by atoms with Gasteiger partial charge in [-0.15, -0.1) is 10.2 Å². The Bertz CT molecular complexity index is 880. The van der Waals surface area contributed by atoms with Crippen molar-refractivity contribution in [3.8, 4) is 0 Å². The van der Waals surface area contributed by atoms with E-state index in [0.29, 0.717) is 11.3 Å². The van der Waals surface area contributed by atoms with Gasteiger partial charge in [-0.3, -0.25) is 10.1 Å². The van der Waals surface area contributed by atoms with Crippen molar-refractivity contribution in [2.45, 2.75) is 30.8 Å². The average Bonchev–Trinajstić information content (AvgIpc) is 3.09. The van der Waals surface area contributed by atoms with Gasteiger partial charge in [-0.05, 0) is 25.0 Å². The molecule has 0 saturated carbocycles. The van der Waals surface area contributed by atoms with E-state index in [4.69, 9.17) is 0 Å². The molecule has 0 fully saturated rings. The first-order chi connectivity index (χ1) is 12.1. The number of thioether (sulfide) groups is 1. The third kappa shape index (κ3) is 3.71. The number of rotatable bonds is 6. The molecule has 2 aromatic carbocycles.